The third kappa shape index (κ3) is 5.13. The van der Waals surface area contributed by atoms with Gasteiger partial charge in [0.15, 0.2) is 0 Å². The first-order valence-electron chi connectivity index (χ1n) is 11.7. The van der Waals surface area contributed by atoms with Crippen molar-refractivity contribution in [3.63, 3.8) is 0 Å². The number of carbonyl (C=O) groups is 2. The zero-order valence-corrected chi connectivity index (χ0v) is 20.4. The highest BCUT2D eigenvalue weighted by Gasteiger charge is 2.30. The van der Waals surface area contributed by atoms with Gasteiger partial charge >= 0.3 is 0 Å². The first-order chi connectivity index (χ1) is 16.4. The molecule has 1 aromatic heterocycles. The Kier molecular flexibility index (Phi) is 7.61. The molecule has 1 saturated heterocycles. The maximum atomic E-state index is 13.8. The van der Waals surface area contributed by atoms with Crippen LogP contribution in [0.4, 0.5) is 10.1 Å². The molecule has 3 aliphatic heterocycles. The van der Waals surface area contributed by atoms with E-state index in [0.717, 1.165) is 30.8 Å². The fraction of sp³-hybridized carbons (Fsp3) is 0.440. The summed E-state index contributed by atoms with van der Waals surface area (Å²) in [5, 5.41) is 13.4. The Morgan fingerprint density at radius 1 is 1.20 bits per heavy atom. The molecule has 3 aliphatic rings. The van der Waals surface area contributed by atoms with Crippen molar-refractivity contribution in [1.29, 1.82) is 0 Å². The number of ether oxygens (including phenoxy) is 1. The Morgan fingerprint density at radius 3 is 2.74 bits per heavy atom. The lowest BCUT2D eigenvalue weighted by Crippen LogP contribution is -2.46. The number of aliphatic hydroxyl groups excluding tert-OH is 1. The number of aromatic nitrogens is 1. The Labute approximate surface area is 209 Å². The van der Waals surface area contributed by atoms with Crippen LogP contribution in [0.2, 0.25) is 0 Å². The lowest BCUT2D eigenvalue weighted by Gasteiger charge is -2.31. The van der Waals surface area contributed by atoms with Gasteiger partial charge in [0, 0.05) is 55.4 Å². The Hall–Kier alpha value is -2.72. The second-order valence-electron chi connectivity index (χ2n) is 9.14. The molecule has 1 unspecified atom stereocenters. The molecular weight excluding hydrogens is 475 g/mol. The van der Waals surface area contributed by atoms with E-state index in [-0.39, 0.29) is 30.8 Å². The lowest BCUT2D eigenvalue weighted by molar-refractivity contribution is -0.110. The number of aryl methyl sites for hydroxylation is 1. The molecule has 0 aliphatic carbocycles. The van der Waals surface area contributed by atoms with E-state index in [2.05, 4.69) is 15.2 Å². The number of hydrogen-bond acceptors (Lipinski definition) is 5. The van der Waals surface area contributed by atoms with E-state index < -0.39 is 11.9 Å². The number of aliphatic hydroxyl groups is 1. The summed E-state index contributed by atoms with van der Waals surface area (Å²) >= 11 is 0. The predicted molar refractivity (Wildman–Crippen MR) is 133 cm³/mol. The van der Waals surface area contributed by atoms with Crippen LogP contribution in [-0.4, -0.2) is 83.7 Å². The summed E-state index contributed by atoms with van der Waals surface area (Å²) in [7, 11) is 0. The largest absolute Gasteiger partial charge is 0.390 e. The van der Waals surface area contributed by atoms with Gasteiger partial charge in [0.25, 0.3) is 11.8 Å². The first-order valence-corrected chi connectivity index (χ1v) is 11.7. The van der Waals surface area contributed by atoms with Crippen LogP contribution in [0.3, 0.4) is 0 Å². The van der Waals surface area contributed by atoms with Crippen LogP contribution in [0, 0.1) is 12.7 Å². The normalized spacial score (nSPS) is 20.2. The number of fused-ring (bicyclic) bond motifs is 2. The van der Waals surface area contributed by atoms with Gasteiger partial charge in [0.05, 0.1) is 30.5 Å². The van der Waals surface area contributed by atoms with Crippen LogP contribution < -0.4 is 5.32 Å². The summed E-state index contributed by atoms with van der Waals surface area (Å²) in [6.45, 7) is 6.10. The molecule has 0 radical (unpaired) electrons. The number of amides is 2. The highest BCUT2D eigenvalue weighted by Crippen LogP contribution is 2.35. The second kappa shape index (κ2) is 10.5. The SMILES string of the molecule is Cc1c(/C=C2\C(=O)Nc3ccc(F)cc32)[nH]c2c1C(=O)N(CC(O)CN1CCOCC1)CCC2.Cl. The summed E-state index contributed by atoms with van der Waals surface area (Å²) in [4.78, 5) is 33.2. The fourth-order valence-electron chi connectivity index (χ4n) is 5.02. The van der Waals surface area contributed by atoms with E-state index >= 15 is 0 Å². The average molecular weight is 505 g/mol. The second-order valence-corrected chi connectivity index (χ2v) is 9.14. The van der Waals surface area contributed by atoms with Crippen molar-refractivity contribution in [2.75, 3.05) is 51.3 Å². The minimum Gasteiger partial charge on any atom is -0.390 e. The van der Waals surface area contributed by atoms with Crippen molar-refractivity contribution in [2.45, 2.75) is 25.9 Å². The molecule has 4 heterocycles. The molecule has 0 spiro atoms. The van der Waals surface area contributed by atoms with E-state index in [9.17, 15) is 19.1 Å². The number of carbonyl (C=O) groups excluding carboxylic acids is 2. The maximum Gasteiger partial charge on any atom is 0.256 e. The van der Waals surface area contributed by atoms with Crippen molar-refractivity contribution in [3.05, 3.63) is 52.1 Å². The molecule has 2 aromatic rings. The number of H-pyrrole nitrogens is 1. The summed E-state index contributed by atoms with van der Waals surface area (Å²) in [5.41, 5.74) is 4.28. The lowest BCUT2D eigenvalue weighted by atomic mass is 10.0. The minimum atomic E-state index is -0.641. The topological polar surface area (TPSA) is 97.9 Å². The summed E-state index contributed by atoms with van der Waals surface area (Å²) in [6, 6.07) is 4.19. The first kappa shape index (κ1) is 25.4. The molecule has 35 heavy (non-hydrogen) atoms. The third-order valence-corrected chi connectivity index (χ3v) is 6.78. The van der Waals surface area contributed by atoms with E-state index in [0.29, 0.717) is 60.8 Å². The molecule has 0 bridgehead atoms. The van der Waals surface area contributed by atoms with E-state index in [1.807, 2.05) is 6.92 Å². The van der Waals surface area contributed by atoms with Crippen molar-refractivity contribution in [3.8, 4) is 0 Å². The highest BCUT2D eigenvalue weighted by atomic mass is 35.5. The molecule has 3 N–H and O–H groups in total. The van der Waals surface area contributed by atoms with Gasteiger partial charge < -0.3 is 25.0 Å². The Morgan fingerprint density at radius 2 is 1.97 bits per heavy atom. The zero-order chi connectivity index (χ0) is 23.8. The number of halogens is 2. The zero-order valence-electron chi connectivity index (χ0n) is 19.6. The van der Waals surface area contributed by atoms with Crippen LogP contribution in [-0.2, 0) is 16.0 Å². The number of anilines is 1. The van der Waals surface area contributed by atoms with Gasteiger partial charge in [-0.15, -0.1) is 12.4 Å². The molecule has 8 nitrogen and oxygen atoms in total. The van der Waals surface area contributed by atoms with Gasteiger partial charge in [0.1, 0.15) is 5.82 Å². The van der Waals surface area contributed by atoms with Crippen LogP contribution in [0.5, 0.6) is 0 Å². The molecule has 2 amide bonds. The van der Waals surface area contributed by atoms with Crippen molar-refractivity contribution < 1.29 is 23.8 Å². The molecule has 1 fully saturated rings. The number of β-amino-alcohol motifs (C(OH)–C–C–N with tert-alkyl or cyclic N) is 1. The Balaban J connectivity index is 0.00000289. The monoisotopic (exact) mass is 504 g/mol. The standard InChI is InChI=1S/C25H29FN4O4.ClH/c1-15-22(12-19-18-11-16(26)4-5-20(18)28-24(19)32)27-21-3-2-6-30(25(33)23(15)21)14-17(31)13-29-7-9-34-10-8-29;/h4-5,11-12,17,27,31H,2-3,6-10,13-14H2,1H3,(H,28,32);1H/b19-12-;. The molecule has 1 atom stereocenters. The van der Waals surface area contributed by atoms with Crippen molar-refractivity contribution in [2.24, 2.45) is 0 Å². The minimum absolute atomic E-state index is 0. The smallest absolute Gasteiger partial charge is 0.256 e. The quantitative estimate of drug-likeness (QED) is 0.543. The summed E-state index contributed by atoms with van der Waals surface area (Å²) in [5.74, 6) is -0.833. The van der Waals surface area contributed by atoms with E-state index in [4.69, 9.17) is 4.74 Å². The van der Waals surface area contributed by atoms with E-state index in [1.54, 1.807) is 17.0 Å². The van der Waals surface area contributed by atoms with Gasteiger partial charge in [-0.1, -0.05) is 0 Å². The average Bonchev–Trinajstić information content (AvgIpc) is 3.23. The number of rotatable bonds is 5. The number of hydrogen-bond donors (Lipinski definition) is 3. The van der Waals surface area contributed by atoms with Crippen LogP contribution >= 0.6 is 12.4 Å². The molecule has 5 rings (SSSR count). The molecule has 10 heteroatoms. The van der Waals surface area contributed by atoms with Gasteiger partial charge in [-0.2, -0.15) is 0 Å². The van der Waals surface area contributed by atoms with Gasteiger partial charge in [-0.25, -0.2) is 4.39 Å². The van der Waals surface area contributed by atoms with Crippen molar-refractivity contribution in [1.82, 2.24) is 14.8 Å². The predicted octanol–water partition coefficient (Wildman–Crippen LogP) is 2.46. The molecular formula is C25H30ClFN4O4. The highest BCUT2D eigenvalue weighted by molar-refractivity contribution is 6.34. The third-order valence-electron chi connectivity index (χ3n) is 6.78. The fourth-order valence-corrected chi connectivity index (χ4v) is 5.02. The number of benzene rings is 1. The summed E-state index contributed by atoms with van der Waals surface area (Å²) in [6.07, 6.45) is 2.51. The molecule has 0 saturated carbocycles. The van der Waals surface area contributed by atoms with Crippen LogP contribution in [0.1, 0.15) is 39.3 Å². The molecule has 188 valence electrons. The maximum absolute atomic E-state index is 13.8. The van der Waals surface area contributed by atoms with Crippen molar-refractivity contribution >= 4 is 41.6 Å². The number of morpholine rings is 1. The molecule has 1 aromatic carbocycles. The van der Waals surface area contributed by atoms with Gasteiger partial charge in [0.2, 0.25) is 0 Å². The van der Waals surface area contributed by atoms with Gasteiger partial charge in [-0.3, -0.25) is 14.5 Å². The Bertz CT molecular complexity index is 1160. The number of aromatic amines is 1. The van der Waals surface area contributed by atoms with Gasteiger partial charge in [-0.05, 0) is 49.6 Å². The van der Waals surface area contributed by atoms with Crippen LogP contribution in [0.25, 0.3) is 11.6 Å². The van der Waals surface area contributed by atoms with Crippen LogP contribution in [0.15, 0.2) is 18.2 Å². The number of nitrogens with zero attached hydrogens (tertiary/aromatic N) is 2. The number of nitrogens with one attached hydrogen (secondary N) is 2. The van der Waals surface area contributed by atoms with E-state index in [1.165, 1.54) is 12.1 Å². The summed E-state index contributed by atoms with van der Waals surface area (Å²) < 4.78 is 19.2.